The second kappa shape index (κ2) is 9.47. The molecule has 0 bridgehead atoms. The molecule has 1 amide bonds. The Morgan fingerprint density at radius 1 is 1.31 bits per heavy atom. The lowest BCUT2D eigenvalue weighted by Gasteiger charge is -2.27. The Labute approximate surface area is 191 Å². The summed E-state index contributed by atoms with van der Waals surface area (Å²) < 4.78 is 5.72. The van der Waals surface area contributed by atoms with Gasteiger partial charge in [0.15, 0.2) is 0 Å². The minimum atomic E-state index is -0.148. The molecule has 1 atom stereocenters. The zero-order valence-electron chi connectivity index (χ0n) is 18.1. The number of nitrogens with one attached hydrogen (secondary N) is 1. The summed E-state index contributed by atoms with van der Waals surface area (Å²) in [7, 11) is 0. The third kappa shape index (κ3) is 4.49. The first-order chi connectivity index (χ1) is 15.5. The number of ether oxygens (including phenoxy) is 1. The molecule has 3 aromatic rings. The second-order valence-corrected chi connectivity index (χ2v) is 8.97. The van der Waals surface area contributed by atoms with Crippen LogP contribution in [0.1, 0.15) is 49.4 Å². The highest BCUT2D eigenvalue weighted by molar-refractivity contribution is 7.17. The lowest BCUT2D eigenvalue weighted by molar-refractivity contribution is -0.120. The summed E-state index contributed by atoms with van der Waals surface area (Å²) >= 11 is 1.49. The molecule has 1 aromatic heterocycles. The average Bonchev–Trinajstić information content (AvgIpc) is 3.29. The van der Waals surface area contributed by atoms with Crippen LogP contribution in [0.25, 0.3) is 21.1 Å². The number of carbonyl (C=O) groups excluding carboxylic acids is 1. The van der Waals surface area contributed by atoms with Crippen LogP contribution in [0.5, 0.6) is 5.75 Å². The van der Waals surface area contributed by atoms with E-state index in [0.29, 0.717) is 11.3 Å². The van der Waals surface area contributed by atoms with Gasteiger partial charge in [-0.25, -0.2) is 0 Å². The van der Waals surface area contributed by atoms with Crippen molar-refractivity contribution in [2.45, 2.75) is 45.3 Å². The van der Waals surface area contributed by atoms with Crippen molar-refractivity contribution in [3.05, 3.63) is 53.1 Å². The summed E-state index contributed by atoms with van der Waals surface area (Å²) in [5, 5.41) is 23.0. The van der Waals surface area contributed by atoms with Crippen LogP contribution in [-0.2, 0) is 11.2 Å². The molecule has 164 valence electrons. The van der Waals surface area contributed by atoms with Crippen molar-refractivity contribution >= 4 is 17.2 Å². The number of fused-ring (bicyclic) bond motifs is 1. The molecule has 0 aliphatic heterocycles. The Bertz CT molecular complexity index is 1180. The first-order valence-electron chi connectivity index (χ1n) is 10.7. The molecule has 2 aromatic carbocycles. The molecule has 4 rings (SSSR count). The lowest BCUT2D eigenvalue weighted by atomic mass is 9.85. The number of aromatic nitrogens is 2. The number of rotatable bonds is 6. The Hall–Kier alpha value is -3.28. The predicted molar refractivity (Wildman–Crippen MR) is 124 cm³/mol. The van der Waals surface area contributed by atoms with Crippen LogP contribution in [0.2, 0.25) is 0 Å². The summed E-state index contributed by atoms with van der Waals surface area (Å²) in [5.41, 5.74) is 10.1. The van der Waals surface area contributed by atoms with E-state index >= 15 is 0 Å². The van der Waals surface area contributed by atoms with E-state index in [9.17, 15) is 10.1 Å². The summed E-state index contributed by atoms with van der Waals surface area (Å²) in [4.78, 5) is 11.9. The topological polar surface area (TPSA) is 114 Å². The predicted octanol–water partition coefficient (Wildman–Crippen LogP) is 3.98. The molecule has 8 heteroatoms. The summed E-state index contributed by atoms with van der Waals surface area (Å²) in [6, 6.07) is 13.8. The normalized spacial score (nSPS) is 15.2. The van der Waals surface area contributed by atoms with Crippen molar-refractivity contribution in [1.29, 1.82) is 5.26 Å². The lowest BCUT2D eigenvalue weighted by Crippen LogP contribution is -2.35. The van der Waals surface area contributed by atoms with Gasteiger partial charge in [-0.1, -0.05) is 29.5 Å². The Morgan fingerprint density at radius 3 is 2.88 bits per heavy atom. The van der Waals surface area contributed by atoms with Crippen molar-refractivity contribution in [3.8, 4) is 33.0 Å². The molecule has 1 unspecified atom stereocenters. The summed E-state index contributed by atoms with van der Waals surface area (Å²) in [6.45, 7) is 3.84. The number of nitrogens with two attached hydrogens (primary N) is 1. The van der Waals surface area contributed by atoms with Crippen molar-refractivity contribution in [1.82, 2.24) is 15.5 Å². The van der Waals surface area contributed by atoms with Gasteiger partial charge in [0, 0.05) is 11.1 Å². The van der Waals surface area contributed by atoms with Crippen LogP contribution >= 0.6 is 11.3 Å². The highest BCUT2D eigenvalue weighted by Gasteiger charge is 2.25. The van der Waals surface area contributed by atoms with Crippen LogP contribution in [-0.4, -0.2) is 28.8 Å². The highest BCUT2D eigenvalue weighted by atomic mass is 32.1. The third-order valence-corrected chi connectivity index (χ3v) is 6.40. The number of hydrogen-bond donors (Lipinski definition) is 2. The van der Waals surface area contributed by atoms with Crippen LogP contribution in [0.3, 0.4) is 0 Å². The van der Waals surface area contributed by atoms with E-state index in [1.807, 2.05) is 32.0 Å². The van der Waals surface area contributed by atoms with E-state index < -0.39 is 0 Å². The highest BCUT2D eigenvalue weighted by Crippen LogP contribution is 2.39. The average molecular weight is 448 g/mol. The first kappa shape index (κ1) is 21.9. The standard InChI is InChI=1S/C24H25N5O2S/c1-14(2)31-21-10-9-15(11-16(21)12-25)23-28-29-24(32-23)19-7-3-6-18-17(19)5-4-8-20(18)27-22(30)13-26/h3,6-7,9-11,14,20H,4-5,8,13,26H2,1-2H3,(H,27,30). The van der Waals surface area contributed by atoms with Crippen LogP contribution < -0.4 is 15.8 Å². The fourth-order valence-electron chi connectivity index (χ4n) is 4.01. The molecule has 0 saturated carbocycles. The van der Waals surface area contributed by atoms with Crippen molar-refractivity contribution < 1.29 is 9.53 Å². The monoisotopic (exact) mass is 447 g/mol. The molecule has 32 heavy (non-hydrogen) atoms. The molecule has 3 N–H and O–H groups in total. The Balaban J connectivity index is 1.66. The maximum atomic E-state index is 11.9. The van der Waals surface area contributed by atoms with Crippen molar-refractivity contribution in [2.24, 2.45) is 5.73 Å². The first-order valence-corrected chi connectivity index (χ1v) is 11.5. The van der Waals surface area contributed by atoms with E-state index in [4.69, 9.17) is 10.5 Å². The molecule has 0 saturated heterocycles. The maximum Gasteiger partial charge on any atom is 0.234 e. The largest absolute Gasteiger partial charge is 0.490 e. The van der Waals surface area contributed by atoms with Gasteiger partial charge < -0.3 is 15.8 Å². The van der Waals surface area contributed by atoms with Gasteiger partial charge in [0.2, 0.25) is 5.91 Å². The van der Waals surface area contributed by atoms with Crippen LogP contribution in [0.4, 0.5) is 0 Å². The van der Waals surface area contributed by atoms with Crippen LogP contribution in [0.15, 0.2) is 36.4 Å². The minimum Gasteiger partial charge on any atom is -0.490 e. The molecular formula is C24H25N5O2S. The van der Waals surface area contributed by atoms with E-state index in [-0.39, 0.29) is 24.6 Å². The molecule has 7 nitrogen and oxygen atoms in total. The second-order valence-electron chi connectivity index (χ2n) is 7.99. The number of benzene rings is 2. The zero-order chi connectivity index (χ0) is 22.7. The summed E-state index contributed by atoms with van der Waals surface area (Å²) in [6.07, 6.45) is 2.79. The van der Waals surface area contributed by atoms with E-state index in [1.165, 1.54) is 16.9 Å². The van der Waals surface area contributed by atoms with Gasteiger partial charge >= 0.3 is 0 Å². The zero-order valence-corrected chi connectivity index (χ0v) is 18.9. The van der Waals surface area contributed by atoms with E-state index in [0.717, 1.165) is 46.0 Å². The molecule has 0 fully saturated rings. The quantitative estimate of drug-likeness (QED) is 0.591. The fraction of sp³-hybridized carbons (Fsp3) is 0.333. The summed E-state index contributed by atoms with van der Waals surface area (Å²) in [5.74, 6) is 0.420. The van der Waals surface area contributed by atoms with Crippen molar-refractivity contribution in [3.63, 3.8) is 0 Å². The number of nitrogens with zero attached hydrogens (tertiary/aromatic N) is 3. The number of amides is 1. The Morgan fingerprint density at radius 2 is 2.12 bits per heavy atom. The van der Waals surface area contributed by atoms with Gasteiger partial charge in [-0.3, -0.25) is 4.79 Å². The number of hydrogen-bond acceptors (Lipinski definition) is 7. The molecular weight excluding hydrogens is 422 g/mol. The molecule has 0 radical (unpaired) electrons. The van der Waals surface area contributed by atoms with Crippen LogP contribution in [0, 0.1) is 11.3 Å². The van der Waals surface area contributed by atoms with Gasteiger partial charge in [0.25, 0.3) is 0 Å². The minimum absolute atomic E-state index is 0.0104. The molecule has 1 aliphatic carbocycles. The molecule has 1 heterocycles. The smallest absolute Gasteiger partial charge is 0.234 e. The van der Waals surface area contributed by atoms with E-state index in [1.54, 1.807) is 6.07 Å². The Kier molecular flexibility index (Phi) is 6.49. The van der Waals surface area contributed by atoms with Gasteiger partial charge in [-0.15, -0.1) is 10.2 Å². The number of nitriles is 1. The fourth-order valence-corrected chi connectivity index (χ4v) is 4.90. The van der Waals surface area contributed by atoms with Gasteiger partial charge in [0.1, 0.15) is 21.8 Å². The van der Waals surface area contributed by atoms with Gasteiger partial charge in [0.05, 0.1) is 24.3 Å². The van der Waals surface area contributed by atoms with Gasteiger partial charge in [-0.05, 0) is 62.4 Å². The SMILES string of the molecule is CC(C)Oc1ccc(-c2nnc(-c3cccc4c3CCCC4NC(=O)CN)s2)cc1C#N. The maximum absolute atomic E-state index is 11.9. The van der Waals surface area contributed by atoms with E-state index in [2.05, 4.69) is 33.7 Å². The van der Waals surface area contributed by atoms with Gasteiger partial charge in [-0.2, -0.15) is 5.26 Å². The molecule has 1 aliphatic rings. The third-order valence-electron chi connectivity index (χ3n) is 5.39. The number of carbonyl (C=O) groups is 1. The molecule has 0 spiro atoms. The van der Waals surface area contributed by atoms with Crippen molar-refractivity contribution in [2.75, 3.05) is 6.54 Å².